The molecule has 1 aromatic heterocycles. The molecular weight excluding hydrogens is 430 g/mol. The van der Waals surface area contributed by atoms with Crippen LogP contribution in [0.15, 0.2) is 48.3 Å². The number of aliphatic hydroxyl groups is 1. The first kappa shape index (κ1) is 23.1. The minimum absolute atomic E-state index is 0.0962. The van der Waals surface area contributed by atoms with Gasteiger partial charge in [0.05, 0.1) is 31.1 Å². The lowest BCUT2D eigenvalue weighted by Crippen LogP contribution is -2.47. The van der Waals surface area contributed by atoms with Gasteiger partial charge in [0.15, 0.2) is 0 Å². The summed E-state index contributed by atoms with van der Waals surface area (Å²) in [5, 5.41) is 19.2. The van der Waals surface area contributed by atoms with Gasteiger partial charge >= 0.3 is 6.03 Å². The Morgan fingerprint density at radius 2 is 2.24 bits per heavy atom. The van der Waals surface area contributed by atoms with Crippen LogP contribution in [0.3, 0.4) is 0 Å². The van der Waals surface area contributed by atoms with Crippen LogP contribution >= 0.6 is 0 Å². The summed E-state index contributed by atoms with van der Waals surface area (Å²) >= 11 is 0. The van der Waals surface area contributed by atoms with Gasteiger partial charge in [0.1, 0.15) is 5.82 Å². The SMILES string of the molecule is CC(C)COC1(F)C=CC=C(C(CO)NC(=O)N2CCc3cc(-c4cn[nH]c4)c(F)cc32)C1. The fourth-order valence-corrected chi connectivity index (χ4v) is 4.08. The smallest absolute Gasteiger partial charge is 0.322 e. The summed E-state index contributed by atoms with van der Waals surface area (Å²) in [4.78, 5) is 14.5. The number of rotatable bonds is 7. The molecule has 9 heteroatoms. The number of anilines is 1. The zero-order chi connectivity index (χ0) is 23.6. The lowest BCUT2D eigenvalue weighted by Gasteiger charge is -2.31. The maximum Gasteiger partial charge on any atom is 0.322 e. The van der Waals surface area contributed by atoms with Gasteiger partial charge in [-0.2, -0.15) is 5.10 Å². The standard InChI is InChI=1S/C24H28F2N4O3/c1-15(2)14-33-24(26)6-3-4-17(10-24)21(13-31)29-23(32)30-7-5-16-8-19(18-11-27-28-12-18)20(25)9-22(16)30/h3-4,6,8-9,11-12,15,21,31H,5,7,10,13-14H2,1-2H3,(H,27,28)(H,29,32). The van der Waals surface area contributed by atoms with Crippen molar-refractivity contribution in [3.8, 4) is 11.1 Å². The highest BCUT2D eigenvalue weighted by Gasteiger charge is 2.35. The van der Waals surface area contributed by atoms with Crippen molar-refractivity contribution in [3.63, 3.8) is 0 Å². The van der Waals surface area contributed by atoms with Gasteiger partial charge in [-0.3, -0.25) is 10.00 Å². The van der Waals surface area contributed by atoms with Gasteiger partial charge in [-0.05, 0) is 41.7 Å². The topological polar surface area (TPSA) is 90.5 Å². The first-order valence-electron chi connectivity index (χ1n) is 11.0. The van der Waals surface area contributed by atoms with Crippen LogP contribution in [0.25, 0.3) is 11.1 Å². The van der Waals surface area contributed by atoms with E-state index in [-0.39, 0.29) is 18.9 Å². The van der Waals surface area contributed by atoms with E-state index in [4.69, 9.17) is 4.74 Å². The van der Waals surface area contributed by atoms with Crippen LogP contribution in [-0.2, 0) is 11.2 Å². The Balaban J connectivity index is 1.47. The van der Waals surface area contributed by atoms with Gasteiger partial charge in [-0.1, -0.05) is 26.0 Å². The Labute approximate surface area is 191 Å². The highest BCUT2D eigenvalue weighted by molar-refractivity contribution is 5.95. The Morgan fingerprint density at radius 1 is 1.42 bits per heavy atom. The van der Waals surface area contributed by atoms with Crippen molar-refractivity contribution in [2.45, 2.75) is 38.6 Å². The van der Waals surface area contributed by atoms with Crippen LogP contribution in [0.5, 0.6) is 0 Å². The lowest BCUT2D eigenvalue weighted by atomic mass is 9.94. The number of halogens is 2. The monoisotopic (exact) mass is 458 g/mol. The number of aromatic amines is 1. The van der Waals surface area contributed by atoms with Crippen LogP contribution in [0.2, 0.25) is 0 Å². The third-order valence-electron chi connectivity index (χ3n) is 5.80. The second-order valence-electron chi connectivity index (χ2n) is 8.80. The van der Waals surface area contributed by atoms with Crippen molar-refractivity contribution < 1.29 is 23.4 Å². The number of ether oxygens (including phenoxy) is 1. The number of aromatic nitrogens is 2. The molecule has 2 aromatic rings. The number of aliphatic hydroxyl groups excluding tert-OH is 1. The average Bonchev–Trinajstić information content (AvgIpc) is 3.45. The Morgan fingerprint density at radius 3 is 2.94 bits per heavy atom. The number of hydrogen-bond acceptors (Lipinski definition) is 4. The normalized spacial score (nSPS) is 20.7. The van der Waals surface area contributed by atoms with Crippen LogP contribution < -0.4 is 10.2 Å². The molecule has 1 aliphatic carbocycles. The molecule has 0 saturated heterocycles. The number of alkyl halides is 1. The Bertz CT molecular complexity index is 1070. The Kier molecular flexibility index (Phi) is 6.62. The summed E-state index contributed by atoms with van der Waals surface area (Å²) in [6, 6.07) is 1.79. The summed E-state index contributed by atoms with van der Waals surface area (Å²) < 4.78 is 35.3. The minimum atomic E-state index is -1.99. The molecular formula is C24H28F2N4O3. The van der Waals surface area contributed by atoms with Gasteiger partial charge in [-0.15, -0.1) is 0 Å². The maximum absolute atomic E-state index is 15.1. The van der Waals surface area contributed by atoms with E-state index in [1.807, 2.05) is 13.8 Å². The molecule has 4 rings (SSSR count). The molecule has 33 heavy (non-hydrogen) atoms. The number of nitrogens with one attached hydrogen (secondary N) is 2. The number of urea groups is 1. The number of H-pyrrole nitrogens is 1. The van der Waals surface area contributed by atoms with Crippen molar-refractivity contribution in [2.75, 3.05) is 24.7 Å². The number of allylic oxidation sites excluding steroid dienone is 2. The number of carbonyl (C=O) groups excluding carboxylic acids is 1. The molecule has 2 amide bonds. The molecule has 3 N–H and O–H groups in total. The quantitative estimate of drug-likeness (QED) is 0.588. The molecule has 0 spiro atoms. The van der Waals surface area contributed by atoms with E-state index < -0.39 is 30.4 Å². The van der Waals surface area contributed by atoms with Crippen LogP contribution in [-0.4, -0.2) is 53.0 Å². The summed E-state index contributed by atoms with van der Waals surface area (Å²) in [7, 11) is 0. The number of carbonyl (C=O) groups is 1. The molecule has 0 radical (unpaired) electrons. The predicted molar refractivity (Wildman–Crippen MR) is 121 cm³/mol. The summed E-state index contributed by atoms with van der Waals surface area (Å²) in [6.07, 6.45) is 8.17. The van der Waals surface area contributed by atoms with E-state index in [2.05, 4.69) is 15.5 Å². The van der Waals surface area contributed by atoms with Crippen molar-refractivity contribution in [1.82, 2.24) is 15.5 Å². The first-order valence-corrected chi connectivity index (χ1v) is 11.0. The van der Waals surface area contributed by atoms with Gasteiger partial charge < -0.3 is 15.2 Å². The largest absolute Gasteiger partial charge is 0.394 e. The van der Waals surface area contributed by atoms with Crippen molar-refractivity contribution in [3.05, 3.63) is 59.7 Å². The van der Waals surface area contributed by atoms with Crippen LogP contribution in [0, 0.1) is 11.7 Å². The van der Waals surface area contributed by atoms with E-state index in [1.54, 1.807) is 18.3 Å². The van der Waals surface area contributed by atoms with Crippen molar-refractivity contribution in [1.29, 1.82) is 0 Å². The number of nitrogens with zero attached hydrogens (tertiary/aromatic N) is 2. The predicted octanol–water partition coefficient (Wildman–Crippen LogP) is 3.87. The highest BCUT2D eigenvalue weighted by atomic mass is 19.2. The fraction of sp³-hybridized carbons (Fsp3) is 0.417. The maximum atomic E-state index is 15.1. The van der Waals surface area contributed by atoms with Crippen LogP contribution in [0.4, 0.5) is 19.3 Å². The van der Waals surface area contributed by atoms with E-state index in [1.165, 1.54) is 29.3 Å². The number of benzene rings is 1. The third-order valence-corrected chi connectivity index (χ3v) is 5.80. The summed E-state index contributed by atoms with van der Waals surface area (Å²) in [6.45, 7) is 4.08. The second kappa shape index (κ2) is 9.44. The molecule has 2 atom stereocenters. The molecule has 0 fully saturated rings. The Hall–Kier alpha value is -3.04. The van der Waals surface area contributed by atoms with Crippen molar-refractivity contribution >= 4 is 11.7 Å². The lowest BCUT2D eigenvalue weighted by molar-refractivity contribution is -0.115. The molecule has 2 unspecified atom stereocenters. The molecule has 7 nitrogen and oxygen atoms in total. The van der Waals surface area contributed by atoms with Gasteiger partial charge in [-0.25, -0.2) is 13.6 Å². The number of amides is 2. The minimum Gasteiger partial charge on any atom is -0.394 e. The average molecular weight is 459 g/mol. The molecule has 0 bridgehead atoms. The van der Waals surface area contributed by atoms with Gasteiger partial charge in [0.25, 0.3) is 0 Å². The highest BCUT2D eigenvalue weighted by Crippen LogP contribution is 2.35. The first-order chi connectivity index (χ1) is 15.8. The van der Waals surface area contributed by atoms with Gasteiger partial charge in [0.2, 0.25) is 5.85 Å². The molecule has 2 heterocycles. The fourth-order valence-electron chi connectivity index (χ4n) is 4.08. The number of fused-ring (bicyclic) bond motifs is 1. The summed E-state index contributed by atoms with van der Waals surface area (Å²) in [5.74, 6) is -2.28. The number of hydrogen-bond donors (Lipinski definition) is 3. The van der Waals surface area contributed by atoms with E-state index in [0.29, 0.717) is 35.4 Å². The van der Waals surface area contributed by atoms with Gasteiger partial charge in [0, 0.05) is 30.3 Å². The van der Waals surface area contributed by atoms with E-state index in [9.17, 15) is 14.3 Å². The van der Waals surface area contributed by atoms with E-state index in [0.717, 1.165) is 5.56 Å². The van der Waals surface area contributed by atoms with Crippen LogP contribution in [0.1, 0.15) is 25.8 Å². The second-order valence-corrected chi connectivity index (χ2v) is 8.80. The molecule has 2 aliphatic rings. The van der Waals surface area contributed by atoms with Crippen molar-refractivity contribution in [2.24, 2.45) is 5.92 Å². The zero-order valence-electron chi connectivity index (χ0n) is 18.6. The molecule has 1 aromatic carbocycles. The molecule has 176 valence electrons. The molecule has 0 saturated carbocycles. The molecule has 1 aliphatic heterocycles. The third kappa shape index (κ3) is 4.99. The zero-order valence-corrected chi connectivity index (χ0v) is 18.6. The van der Waals surface area contributed by atoms with E-state index >= 15 is 4.39 Å². The summed E-state index contributed by atoms with van der Waals surface area (Å²) in [5.41, 5.74) is 2.88.